The van der Waals surface area contributed by atoms with Crippen molar-refractivity contribution in [3.8, 4) is 17.2 Å². The van der Waals surface area contributed by atoms with Crippen LogP contribution < -0.4 is 14.2 Å². The fourth-order valence-corrected chi connectivity index (χ4v) is 2.62. The highest BCUT2D eigenvalue weighted by atomic mass is 32.2. The molecule has 1 aliphatic heterocycles. The Hall–Kier alpha value is -1.03. The van der Waals surface area contributed by atoms with Crippen molar-refractivity contribution >= 4 is 11.8 Å². The Labute approximate surface area is 100 Å². The van der Waals surface area contributed by atoms with Crippen molar-refractivity contribution in [2.24, 2.45) is 0 Å². The molecule has 0 bridgehead atoms. The Morgan fingerprint density at radius 1 is 1.00 bits per heavy atom. The molecule has 2 rings (SSSR count). The quantitative estimate of drug-likeness (QED) is 0.809. The maximum Gasteiger partial charge on any atom is 0.164 e. The standard InChI is InChI=1S/C12H16O3S/c1-13-9-7-11(15-3)10(14-2)6-8(9)12-4-5-16-12/h6-7,12H,4-5H2,1-3H3. The SMILES string of the molecule is COc1cc(OC)c(C2CCS2)cc1OC. The van der Waals surface area contributed by atoms with Crippen molar-refractivity contribution in [1.82, 2.24) is 0 Å². The van der Waals surface area contributed by atoms with Crippen LogP contribution in [0.2, 0.25) is 0 Å². The molecule has 0 spiro atoms. The zero-order chi connectivity index (χ0) is 11.5. The Kier molecular flexibility index (Phi) is 3.49. The van der Waals surface area contributed by atoms with E-state index in [9.17, 15) is 0 Å². The maximum atomic E-state index is 5.40. The van der Waals surface area contributed by atoms with Crippen LogP contribution in [0.5, 0.6) is 17.2 Å². The molecule has 0 saturated carbocycles. The first-order valence-electron chi connectivity index (χ1n) is 5.21. The number of ether oxygens (including phenoxy) is 3. The zero-order valence-electron chi connectivity index (χ0n) is 9.78. The van der Waals surface area contributed by atoms with Crippen LogP contribution in [0, 0.1) is 0 Å². The van der Waals surface area contributed by atoms with Gasteiger partial charge in [-0.05, 0) is 18.2 Å². The second kappa shape index (κ2) is 4.87. The Morgan fingerprint density at radius 3 is 2.00 bits per heavy atom. The molecule has 1 aromatic rings. The van der Waals surface area contributed by atoms with Crippen molar-refractivity contribution in [1.29, 1.82) is 0 Å². The summed E-state index contributed by atoms with van der Waals surface area (Å²) in [5, 5.41) is 0.537. The van der Waals surface area contributed by atoms with Crippen LogP contribution in [0.15, 0.2) is 12.1 Å². The van der Waals surface area contributed by atoms with Crippen molar-refractivity contribution in [3.63, 3.8) is 0 Å². The molecule has 0 N–H and O–H groups in total. The molecule has 1 heterocycles. The lowest BCUT2D eigenvalue weighted by Crippen LogP contribution is -2.09. The van der Waals surface area contributed by atoms with Gasteiger partial charge in [0.25, 0.3) is 0 Å². The number of benzene rings is 1. The van der Waals surface area contributed by atoms with E-state index in [2.05, 4.69) is 0 Å². The summed E-state index contributed by atoms with van der Waals surface area (Å²) in [7, 11) is 4.98. The molecule has 1 fully saturated rings. The summed E-state index contributed by atoms with van der Waals surface area (Å²) in [5.41, 5.74) is 1.21. The van der Waals surface area contributed by atoms with E-state index in [-0.39, 0.29) is 0 Å². The zero-order valence-corrected chi connectivity index (χ0v) is 10.6. The van der Waals surface area contributed by atoms with Gasteiger partial charge in [-0.25, -0.2) is 0 Å². The monoisotopic (exact) mass is 240 g/mol. The summed E-state index contributed by atoms with van der Waals surface area (Å²) in [4.78, 5) is 0. The van der Waals surface area contributed by atoms with E-state index in [4.69, 9.17) is 14.2 Å². The molecule has 88 valence electrons. The minimum absolute atomic E-state index is 0.537. The van der Waals surface area contributed by atoms with Gasteiger partial charge in [0.1, 0.15) is 5.75 Å². The van der Waals surface area contributed by atoms with E-state index in [1.807, 2.05) is 23.9 Å². The predicted octanol–water partition coefficient (Wildman–Crippen LogP) is 2.89. The van der Waals surface area contributed by atoms with Crippen LogP contribution in [0.25, 0.3) is 0 Å². The average Bonchev–Trinajstić information content (AvgIpc) is 2.26. The number of hydrogen-bond donors (Lipinski definition) is 0. The lowest BCUT2D eigenvalue weighted by Gasteiger charge is -2.27. The van der Waals surface area contributed by atoms with Crippen LogP contribution in [0.4, 0.5) is 0 Å². The van der Waals surface area contributed by atoms with Gasteiger partial charge in [0.15, 0.2) is 11.5 Å². The van der Waals surface area contributed by atoms with Crippen LogP contribution in [0.3, 0.4) is 0 Å². The molecule has 0 aromatic heterocycles. The van der Waals surface area contributed by atoms with E-state index in [0.717, 1.165) is 11.5 Å². The van der Waals surface area contributed by atoms with Gasteiger partial charge in [0, 0.05) is 16.9 Å². The van der Waals surface area contributed by atoms with Gasteiger partial charge < -0.3 is 14.2 Å². The van der Waals surface area contributed by atoms with Crippen LogP contribution in [0.1, 0.15) is 17.2 Å². The molecule has 1 aliphatic rings. The lowest BCUT2D eigenvalue weighted by molar-refractivity contribution is 0.347. The molecule has 1 aromatic carbocycles. The Balaban J connectivity index is 2.41. The second-order valence-electron chi connectivity index (χ2n) is 3.60. The van der Waals surface area contributed by atoms with Crippen LogP contribution in [-0.4, -0.2) is 27.1 Å². The molecule has 1 unspecified atom stereocenters. The summed E-state index contributed by atoms with van der Waals surface area (Å²) in [6, 6.07) is 3.92. The molecule has 3 nitrogen and oxygen atoms in total. The lowest BCUT2D eigenvalue weighted by atomic mass is 10.1. The number of rotatable bonds is 4. The molecule has 0 aliphatic carbocycles. The van der Waals surface area contributed by atoms with E-state index in [1.165, 1.54) is 17.7 Å². The van der Waals surface area contributed by atoms with Crippen molar-refractivity contribution in [2.75, 3.05) is 27.1 Å². The summed E-state index contributed by atoms with van der Waals surface area (Å²) in [5.74, 6) is 3.59. The second-order valence-corrected chi connectivity index (χ2v) is 4.91. The molecule has 1 atom stereocenters. The normalized spacial score (nSPS) is 18.8. The third kappa shape index (κ3) is 1.94. The highest BCUT2D eigenvalue weighted by molar-refractivity contribution is 8.00. The summed E-state index contributed by atoms with van der Waals surface area (Å²) < 4.78 is 16.0. The highest BCUT2D eigenvalue weighted by Crippen LogP contribution is 2.48. The largest absolute Gasteiger partial charge is 0.496 e. The number of hydrogen-bond acceptors (Lipinski definition) is 4. The maximum absolute atomic E-state index is 5.40. The molecular weight excluding hydrogens is 224 g/mol. The summed E-state index contributed by atoms with van der Waals surface area (Å²) in [6.07, 6.45) is 1.20. The third-order valence-electron chi connectivity index (χ3n) is 2.78. The van der Waals surface area contributed by atoms with Crippen molar-refractivity contribution < 1.29 is 14.2 Å². The van der Waals surface area contributed by atoms with E-state index in [1.54, 1.807) is 21.3 Å². The van der Waals surface area contributed by atoms with Crippen molar-refractivity contribution in [3.05, 3.63) is 17.7 Å². The Morgan fingerprint density at radius 2 is 1.56 bits per heavy atom. The van der Waals surface area contributed by atoms with E-state index < -0.39 is 0 Å². The van der Waals surface area contributed by atoms with E-state index in [0.29, 0.717) is 11.0 Å². The topological polar surface area (TPSA) is 27.7 Å². The number of thioether (sulfide) groups is 1. The first-order valence-corrected chi connectivity index (χ1v) is 6.26. The van der Waals surface area contributed by atoms with Crippen molar-refractivity contribution in [2.45, 2.75) is 11.7 Å². The smallest absolute Gasteiger partial charge is 0.164 e. The first kappa shape index (κ1) is 11.5. The van der Waals surface area contributed by atoms with Crippen LogP contribution >= 0.6 is 11.8 Å². The summed E-state index contributed by atoms with van der Waals surface area (Å²) in [6.45, 7) is 0. The van der Waals surface area contributed by atoms with Gasteiger partial charge in [0.05, 0.1) is 21.3 Å². The third-order valence-corrected chi connectivity index (χ3v) is 4.15. The van der Waals surface area contributed by atoms with Gasteiger partial charge in [-0.3, -0.25) is 0 Å². The molecule has 4 heteroatoms. The van der Waals surface area contributed by atoms with Gasteiger partial charge in [-0.2, -0.15) is 11.8 Å². The minimum Gasteiger partial charge on any atom is -0.496 e. The minimum atomic E-state index is 0.537. The molecular formula is C12H16O3S. The molecule has 16 heavy (non-hydrogen) atoms. The predicted molar refractivity (Wildman–Crippen MR) is 65.9 cm³/mol. The van der Waals surface area contributed by atoms with Gasteiger partial charge in [0.2, 0.25) is 0 Å². The van der Waals surface area contributed by atoms with Gasteiger partial charge in [-0.1, -0.05) is 0 Å². The van der Waals surface area contributed by atoms with Crippen LogP contribution in [-0.2, 0) is 0 Å². The Bertz CT molecular complexity index is 375. The molecule has 0 amide bonds. The molecule has 1 saturated heterocycles. The van der Waals surface area contributed by atoms with Gasteiger partial charge >= 0.3 is 0 Å². The highest BCUT2D eigenvalue weighted by Gasteiger charge is 2.25. The van der Waals surface area contributed by atoms with Gasteiger partial charge in [-0.15, -0.1) is 0 Å². The fourth-order valence-electron chi connectivity index (χ4n) is 1.79. The average molecular weight is 240 g/mol. The first-order chi connectivity index (χ1) is 7.80. The number of methoxy groups -OCH3 is 3. The van der Waals surface area contributed by atoms with E-state index >= 15 is 0 Å². The summed E-state index contributed by atoms with van der Waals surface area (Å²) >= 11 is 1.94. The fraction of sp³-hybridized carbons (Fsp3) is 0.500. The molecule has 0 radical (unpaired) electrons.